The summed E-state index contributed by atoms with van der Waals surface area (Å²) < 4.78 is 13.2. The summed E-state index contributed by atoms with van der Waals surface area (Å²) in [5, 5.41) is 5.16. The summed E-state index contributed by atoms with van der Waals surface area (Å²) in [6.45, 7) is 5.20. The molecule has 0 radical (unpaired) electrons. The Morgan fingerprint density at radius 1 is 1.21 bits per heavy atom. The normalized spacial score (nSPS) is 12.1. The quantitative estimate of drug-likeness (QED) is 0.713. The molecule has 19 heavy (non-hydrogen) atoms. The van der Waals surface area contributed by atoms with Gasteiger partial charge in [-0.05, 0) is 39.0 Å². The smallest absolute Gasteiger partial charge is 0.252 e. The Morgan fingerprint density at radius 3 is 2.37 bits per heavy atom. The molecule has 0 aliphatic heterocycles. The van der Waals surface area contributed by atoms with E-state index < -0.39 is 17.8 Å². The van der Waals surface area contributed by atoms with Gasteiger partial charge in [0.1, 0.15) is 11.9 Å². The number of rotatable bonds is 4. The van der Waals surface area contributed by atoms with Crippen LogP contribution in [0.4, 0.5) is 10.1 Å². The van der Waals surface area contributed by atoms with E-state index in [9.17, 15) is 14.0 Å². The number of amides is 2. The molecule has 104 valence electrons. The van der Waals surface area contributed by atoms with Crippen molar-refractivity contribution in [3.8, 4) is 0 Å². The molecule has 0 bridgehead atoms. The number of halogens is 1. The van der Waals surface area contributed by atoms with Crippen LogP contribution in [0.15, 0.2) is 18.2 Å². The number of benzene rings is 1. The number of hydrogen-bond acceptors (Lipinski definition) is 3. The second-order valence-electron chi connectivity index (χ2n) is 4.59. The number of nitrogens with two attached hydrogens (primary N) is 1. The zero-order valence-electron chi connectivity index (χ0n) is 11.2. The average Bonchev–Trinajstić information content (AvgIpc) is 2.31. The van der Waals surface area contributed by atoms with Crippen LogP contribution in [0.5, 0.6) is 0 Å². The molecule has 6 heteroatoms. The van der Waals surface area contributed by atoms with E-state index in [-0.39, 0.29) is 23.2 Å². The first kappa shape index (κ1) is 14.9. The van der Waals surface area contributed by atoms with Crippen LogP contribution in [0.2, 0.25) is 0 Å². The molecule has 1 aromatic rings. The second-order valence-corrected chi connectivity index (χ2v) is 4.59. The molecule has 2 amide bonds. The van der Waals surface area contributed by atoms with Crippen molar-refractivity contribution >= 4 is 17.5 Å². The molecule has 0 aliphatic rings. The van der Waals surface area contributed by atoms with Gasteiger partial charge in [-0.3, -0.25) is 9.59 Å². The average molecular weight is 267 g/mol. The van der Waals surface area contributed by atoms with Crippen molar-refractivity contribution < 1.29 is 14.0 Å². The Bertz CT molecular complexity index is 489. The molecule has 0 aromatic heterocycles. The highest BCUT2D eigenvalue weighted by Gasteiger charge is 2.17. The van der Waals surface area contributed by atoms with Gasteiger partial charge in [-0.15, -0.1) is 0 Å². The number of anilines is 1. The van der Waals surface area contributed by atoms with Crippen LogP contribution < -0.4 is 16.4 Å². The van der Waals surface area contributed by atoms with Crippen molar-refractivity contribution in [2.45, 2.75) is 32.9 Å². The summed E-state index contributed by atoms with van der Waals surface area (Å²) in [6, 6.07) is 3.04. The maximum atomic E-state index is 13.2. The first-order chi connectivity index (χ1) is 8.81. The van der Waals surface area contributed by atoms with E-state index in [0.717, 1.165) is 6.07 Å². The lowest BCUT2D eigenvalue weighted by Gasteiger charge is -2.16. The third-order valence-electron chi connectivity index (χ3n) is 2.43. The largest absolute Gasteiger partial charge is 0.396 e. The summed E-state index contributed by atoms with van der Waals surface area (Å²) in [4.78, 5) is 23.4. The van der Waals surface area contributed by atoms with Crippen molar-refractivity contribution in [1.29, 1.82) is 0 Å². The summed E-state index contributed by atoms with van der Waals surface area (Å²) in [7, 11) is 0. The molecule has 1 aromatic carbocycles. The van der Waals surface area contributed by atoms with Crippen molar-refractivity contribution in [2.75, 3.05) is 5.73 Å². The van der Waals surface area contributed by atoms with Gasteiger partial charge in [0.05, 0.1) is 5.69 Å². The number of nitrogens with one attached hydrogen (secondary N) is 2. The first-order valence-corrected chi connectivity index (χ1v) is 5.97. The lowest BCUT2D eigenvalue weighted by molar-refractivity contribution is -0.123. The predicted molar refractivity (Wildman–Crippen MR) is 71.0 cm³/mol. The van der Waals surface area contributed by atoms with Crippen LogP contribution in [0.1, 0.15) is 31.1 Å². The molecule has 0 saturated carbocycles. The summed E-state index contributed by atoms with van der Waals surface area (Å²) >= 11 is 0. The van der Waals surface area contributed by atoms with Gasteiger partial charge in [-0.2, -0.15) is 0 Å². The topological polar surface area (TPSA) is 84.2 Å². The van der Waals surface area contributed by atoms with E-state index in [0.29, 0.717) is 0 Å². The highest BCUT2D eigenvalue weighted by atomic mass is 19.1. The minimum Gasteiger partial charge on any atom is -0.396 e. The van der Waals surface area contributed by atoms with Gasteiger partial charge in [0, 0.05) is 11.6 Å². The number of hydrogen-bond donors (Lipinski definition) is 3. The lowest BCUT2D eigenvalue weighted by atomic mass is 10.1. The van der Waals surface area contributed by atoms with Crippen LogP contribution in [0, 0.1) is 5.82 Å². The van der Waals surface area contributed by atoms with Crippen molar-refractivity contribution in [3.05, 3.63) is 29.6 Å². The summed E-state index contributed by atoms with van der Waals surface area (Å²) in [5.41, 5.74) is 5.42. The molecule has 1 rings (SSSR count). The maximum absolute atomic E-state index is 13.2. The van der Waals surface area contributed by atoms with E-state index >= 15 is 0 Å². The third-order valence-corrected chi connectivity index (χ3v) is 2.43. The standard InChI is InChI=1S/C13H18FN3O2/c1-7(2)16-12(18)8(3)17-13(19)9-4-5-11(15)10(14)6-9/h4-8H,15H2,1-3H3,(H,16,18)(H,17,19). The monoisotopic (exact) mass is 267 g/mol. The minimum absolute atomic E-state index is 0.0131. The van der Waals surface area contributed by atoms with Gasteiger partial charge >= 0.3 is 0 Å². The Balaban J connectivity index is 2.68. The molecule has 0 heterocycles. The van der Waals surface area contributed by atoms with Crippen LogP contribution in [0.25, 0.3) is 0 Å². The van der Waals surface area contributed by atoms with Crippen LogP contribution in [-0.2, 0) is 4.79 Å². The van der Waals surface area contributed by atoms with E-state index in [1.807, 2.05) is 13.8 Å². The van der Waals surface area contributed by atoms with E-state index in [1.54, 1.807) is 6.92 Å². The fraction of sp³-hybridized carbons (Fsp3) is 0.385. The summed E-state index contributed by atoms with van der Waals surface area (Å²) in [5.74, 6) is -1.48. The Morgan fingerprint density at radius 2 is 1.84 bits per heavy atom. The highest BCUT2D eigenvalue weighted by molar-refractivity contribution is 5.97. The van der Waals surface area contributed by atoms with Gasteiger partial charge in [-0.25, -0.2) is 4.39 Å². The maximum Gasteiger partial charge on any atom is 0.252 e. The molecule has 0 saturated heterocycles. The van der Waals surface area contributed by atoms with Crippen molar-refractivity contribution in [1.82, 2.24) is 10.6 Å². The fourth-order valence-electron chi connectivity index (χ4n) is 1.42. The fourth-order valence-corrected chi connectivity index (χ4v) is 1.42. The lowest BCUT2D eigenvalue weighted by Crippen LogP contribution is -2.46. The van der Waals surface area contributed by atoms with Crippen molar-refractivity contribution in [2.24, 2.45) is 0 Å². The Hall–Kier alpha value is -2.11. The molecule has 1 atom stereocenters. The zero-order valence-corrected chi connectivity index (χ0v) is 11.2. The number of nitrogen functional groups attached to an aromatic ring is 1. The zero-order chi connectivity index (χ0) is 14.6. The van der Waals surface area contributed by atoms with Gasteiger partial charge in [-0.1, -0.05) is 0 Å². The van der Waals surface area contributed by atoms with Gasteiger partial charge in [0.2, 0.25) is 5.91 Å². The number of carbonyl (C=O) groups is 2. The molecule has 0 aliphatic carbocycles. The first-order valence-electron chi connectivity index (χ1n) is 5.97. The predicted octanol–water partition coefficient (Wildman–Crippen LogP) is 1.05. The van der Waals surface area contributed by atoms with Crippen molar-refractivity contribution in [3.63, 3.8) is 0 Å². The van der Waals surface area contributed by atoms with E-state index in [1.165, 1.54) is 12.1 Å². The van der Waals surface area contributed by atoms with Gasteiger partial charge in [0.25, 0.3) is 5.91 Å². The summed E-state index contributed by atoms with van der Waals surface area (Å²) in [6.07, 6.45) is 0. The Kier molecular flexibility index (Phi) is 4.86. The highest BCUT2D eigenvalue weighted by Crippen LogP contribution is 2.11. The van der Waals surface area contributed by atoms with Crippen LogP contribution in [-0.4, -0.2) is 23.9 Å². The molecule has 4 N–H and O–H groups in total. The molecule has 1 unspecified atom stereocenters. The van der Waals surface area contributed by atoms with Crippen LogP contribution in [0.3, 0.4) is 0 Å². The SMILES string of the molecule is CC(C)NC(=O)C(C)NC(=O)c1ccc(N)c(F)c1. The molecule has 0 fully saturated rings. The Labute approximate surface area is 111 Å². The second kappa shape index (κ2) is 6.17. The van der Waals surface area contributed by atoms with Crippen LogP contribution >= 0.6 is 0 Å². The van der Waals surface area contributed by atoms with E-state index in [4.69, 9.17) is 5.73 Å². The molecule has 5 nitrogen and oxygen atoms in total. The molecular formula is C13H18FN3O2. The third kappa shape index (κ3) is 4.24. The molecule has 0 spiro atoms. The van der Waals surface area contributed by atoms with E-state index in [2.05, 4.69) is 10.6 Å². The van der Waals surface area contributed by atoms with Gasteiger partial charge in [0.15, 0.2) is 0 Å². The minimum atomic E-state index is -0.699. The van der Waals surface area contributed by atoms with Gasteiger partial charge < -0.3 is 16.4 Å². The molecular weight excluding hydrogens is 249 g/mol. The number of carbonyl (C=O) groups excluding carboxylic acids is 2.